The summed E-state index contributed by atoms with van der Waals surface area (Å²) in [6.45, 7) is 4.87. The second-order valence-corrected chi connectivity index (χ2v) is 7.32. The monoisotopic (exact) mass is 391 g/mol. The van der Waals surface area contributed by atoms with E-state index in [2.05, 4.69) is 15.4 Å². The van der Waals surface area contributed by atoms with Gasteiger partial charge in [-0.2, -0.15) is 0 Å². The quantitative estimate of drug-likeness (QED) is 0.672. The van der Waals surface area contributed by atoms with Crippen LogP contribution in [0.1, 0.15) is 20.8 Å². The molecule has 0 bridgehead atoms. The van der Waals surface area contributed by atoms with E-state index in [1.807, 2.05) is 0 Å². The second-order valence-electron chi connectivity index (χ2n) is 5.64. The topological polar surface area (TPSA) is 114 Å². The van der Waals surface area contributed by atoms with Gasteiger partial charge in [0.05, 0.1) is 17.2 Å². The maximum atomic E-state index is 12.6. The molecule has 0 radical (unpaired) electrons. The van der Waals surface area contributed by atoms with Crippen molar-refractivity contribution in [2.75, 3.05) is 22.0 Å². The SMILES string of the molecule is CCOc1ccc(S(=O)(=O)Nc2ccc(NC(C)=O)cc2)cc1NC(C)=O. The third-order valence-electron chi connectivity index (χ3n) is 3.33. The third-order valence-corrected chi connectivity index (χ3v) is 4.71. The van der Waals surface area contributed by atoms with Gasteiger partial charge in [-0.15, -0.1) is 0 Å². The van der Waals surface area contributed by atoms with Crippen molar-refractivity contribution in [1.82, 2.24) is 0 Å². The van der Waals surface area contributed by atoms with Gasteiger partial charge in [-0.1, -0.05) is 0 Å². The van der Waals surface area contributed by atoms with Crippen molar-refractivity contribution in [3.8, 4) is 5.75 Å². The number of sulfonamides is 1. The van der Waals surface area contributed by atoms with Crippen LogP contribution in [-0.2, 0) is 19.6 Å². The largest absolute Gasteiger partial charge is 0.492 e. The highest BCUT2D eigenvalue weighted by molar-refractivity contribution is 7.92. The van der Waals surface area contributed by atoms with Gasteiger partial charge in [0.25, 0.3) is 10.0 Å². The minimum Gasteiger partial charge on any atom is -0.492 e. The van der Waals surface area contributed by atoms with Crippen LogP contribution in [0.2, 0.25) is 0 Å². The Morgan fingerprint density at radius 2 is 1.52 bits per heavy atom. The van der Waals surface area contributed by atoms with E-state index in [4.69, 9.17) is 4.74 Å². The maximum absolute atomic E-state index is 12.6. The molecule has 8 nitrogen and oxygen atoms in total. The Bertz CT molecular complexity index is 940. The van der Waals surface area contributed by atoms with E-state index in [0.717, 1.165) is 0 Å². The Balaban J connectivity index is 2.27. The zero-order valence-corrected chi connectivity index (χ0v) is 16.0. The van der Waals surface area contributed by atoms with Gasteiger partial charge in [0, 0.05) is 25.2 Å². The number of nitrogens with one attached hydrogen (secondary N) is 3. The molecule has 0 fully saturated rings. The molecule has 0 aliphatic heterocycles. The third kappa shape index (κ3) is 5.71. The molecule has 0 heterocycles. The van der Waals surface area contributed by atoms with E-state index in [9.17, 15) is 18.0 Å². The zero-order chi connectivity index (χ0) is 20.0. The lowest BCUT2D eigenvalue weighted by atomic mass is 10.3. The molecule has 3 N–H and O–H groups in total. The Hall–Kier alpha value is -3.07. The number of anilines is 3. The van der Waals surface area contributed by atoms with Gasteiger partial charge in [-0.05, 0) is 49.4 Å². The van der Waals surface area contributed by atoms with Crippen molar-refractivity contribution in [3.05, 3.63) is 42.5 Å². The number of hydrogen-bond acceptors (Lipinski definition) is 5. The first-order valence-corrected chi connectivity index (χ1v) is 9.64. The highest BCUT2D eigenvalue weighted by atomic mass is 32.2. The van der Waals surface area contributed by atoms with Crippen molar-refractivity contribution in [1.29, 1.82) is 0 Å². The van der Waals surface area contributed by atoms with E-state index in [1.165, 1.54) is 44.2 Å². The molecule has 0 aliphatic carbocycles. The van der Waals surface area contributed by atoms with Gasteiger partial charge in [0.15, 0.2) is 0 Å². The van der Waals surface area contributed by atoms with Crippen LogP contribution in [0, 0.1) is 0 Å². The number of ether oxygens (including phenoxy) is 1. The summed E-state index contributed by atoms with van der Waals surface area (Å²) in [7, 11) is -3.88. The van der Waals surface area contributed by atoms with Crippen LogP contribution in [0.15, 0.2) is 47.4 Å². The summed E-state index contributed by atoms with van der Waals surface area (Å²) in [5.41, 5.74) is 1.16. The first kappa shape index (κ1) is 20.2. The standard InChI is InChI=1S/C18H21N3O5S/c1-4-26-18-10-9-16(11-17(18)20-13(3)23)27(24,25)21-15-7-5-14(6-8-15)19-12(2)22/h5-11,21H,4H2,1-3H3,(H,19,22)(H,20,23). The number of amides is 2. The summed E-state index contributed by atoms with van der Waals surface area (Å²) in [6.07, 6.45) is 0. The molecule has 2 rings (SSSR count). The minimum atomic E-state index is -3.88. The lowest BCUT2D eigenvalue weighted by Gasteiger charge is -2.14. The predicted octanol–water partition coefficient (Wildman–Crippen LogP) is 2.80. The fourth-order valence-corrected chi connectivity index (χ4v) is 3.37. The predicted molar refractivity (Wildman–Crippen MR) is 103 cm³/mol. The molecule has 0 unspecified atom stereocenters. The smallest absolute Gasteiger partial charge is 0.261 e. The Morgan fingerprint density at radius 1 is 0.926 bits per heavy atom. The van der Waals surface area contributed by atoms with Crippen molar-refractivity contribution >= 4 is 38.9 Å². The first-order chi connectivity index (χ1) is 12.7. The molecule has 0 saturated carbocycles. The van der Waals surface area contributed by atoms with E-state index >= 15 is 0 Å². The molecule has 0 saturated heterocycles. The maximum Gasteiger partial charge on any atom is 0.261 e. The normalized spacial score (nSPS) is 10.8. The molecule has 2 aromatic rings. The molecule has 27 heavy (non-hydrogen) atoms. The summed E-state index contributed by atoms with van der Waals surface area (Å²) >= 11 is 0. The van der Waals surface area contributed by atoms with Crippen molar-refractivity contribution in [2.45, 2.75) is 25.7 Å². The summed E-state index contributed by atoms with van der Waals surface area (Å²) < 4.78 is 33.1. The van der Waals surface area contributed by atoms with Crippen molar-refractivity contribution in [3.63, 3.8) is 0 Å². The first-order valence-electron chi connectivity index (χ1n) is 8.16. The van der Waals surface area contributed by atoms with E-state index in [1.54, 1.807) is 19.1 Å². The van der Waals surface area contributed by atoms with Crippen molar-refractivity contribution < 1.29 is 22.7 Å². The van der Waals surface area contributed by atoms with Gasteiger partial charge in [-0.25, -0.2) is 8.42 Å². The molecule has 0 spiro atoms. The van der Waals surface area contributed by atoms with E-state index in [0.29, 0.717) is 23.7 Å². The number of rotatable bonds is 7. The second kappa shape index (κ2) is 8.54. The number of carbonyl (C=O) groups is 2. The molecule has 2 amide bonds. The van der Waals surface area contributed by atoms with Gasteiger partial charge >= 0.3 is 0 Å². The van der Waals surface area contributed by atoms with Gasteiger partial charge < -0.3 is 15.4 Å². The molecule has 9 heteroatoms. The van der Waals surface area contributed by atoms with Crippen molar-refractivity contribution in [2.24, 2.45) is 0 Å². The molecular formula is C18H21N3O5S. The molecule has 0 aromatic heterocycles. The van der Waals surface area contributed by atoms with Crippen LogP contribution < -0.4 is 20.1 Å². The van der Waals surface area contributed by atoms with Crippen LogP contribution in [0.3, 0.4) is 0 Å². The Kier molecular flexibility index (Phi) is 6.40. The highest BCUT2D eigenvalue weighted by Crippen LogP contribution is 2.29. The number of hydrogen-bond donors (Lipinski definition) is 3. The zero-order valence-electron chi connectivity index (χ0n) is 15.2. The van der Waals surface area contributed by atoms with Crippen LogP contribution >= 0.6 is 0 Å². The van der Waals surface area contributed by atoms with Gasteiger partial charge in [-0.3, -0.25) is 14.3 Å². The summed E-state index contributed by atoms with van der Waals surface area (Å²) in [4.78, 5) is 22.4. The fraction of sp³-hybridized carbons (Fsp3) is 0.222. The average Bonchev–Trinajstić information content (AvgIpc) is 2.57. The Labute approximate surface area is 158 Å². The van der Waals surface area contributed by atoms with Crippen LogP contribution in [0.4, 0.5) is 17.1 Å². The van der Waals surface area contributed by atoms with E-state index < -0.39 is 10.0 Å². The number of benzene rings is 2. The molecule has 0 aliphatic rings. The lowest BCUT2D eigenvalue weighted by molar-refractivity contribution is -0.115. The minimum absolute atomic E-state index is 0.0272. The van der Waals surface area contributed by atoms with Gasteiger partial charge in [0.1, 0.15) is 5.75 Å². The van der Waals surface area contributed by atoms with E-state index in [-0.39, 0.29) is 22.4 Å². The van der Waals surface area contributed by atoms with Crippen LogP contribution in [0.25, 0.3) is 0 Å². The van der Waals surface area contributed by atoms with Crippen LogP contribution in [-0.4, -0.2) is 26.8 Å². The van der Waals surface area contributed by atoms with Gasteiger partial charge in [0.2, 0.25) is 11.8 Å². The summed E-state index contributed by atoms with van der Waals surface area (Å²) in [5, 5.41) is 5.16. The summed E-state index contributed by atoms with van der Waals surface area (Å²) in [5.74, 6) is -0.179. The molecule has 144 valence electrons. The average molecular weight is 391 g/mol. The molecule has 2 aromatic carbocycles. The lowest BCUT2D eigenvalue weighted by Crippen LogP contribution is -2.14. The Morgan fingerprint density at radius 3 is 2.07 bits per heavy atom. The number of carbonyl (C=O) groups excluding carboxylic acids is 2. The molecular weight excluding hydrogens is 370 g/mol. The highest BCUT2D eigenvalue weighted by Gasteiger charge is 2.17. The van der Waals surface area contributed by atoms with Crippen LogP contribution in [0.5, 0.6) is 5.75 Å². The summed E-state index contributed by atoms with van der Waals surface area (Å²) in [6, 6.07) is 10.5. The molecule has 0 atom stereocenters. The fourth-order valence-electron chi connectivity index (χ4n) is 2.28.